The van der Waals surface area contributed by atoms with Crippen molar-refractivity contribution in [2.75, 3.05) is 0 Å². The highest BCUT2D eigenvalue weighted by atomic mass is 32.1. The zero-order chi connectivity index (χ0) is 13.8. The molecule has 0 aliphatic carbocycles. The second kappa shape index (κ2) is 5.93. The summed E-state index contributed by atoms with van der Waals surface area (Å²) in [6, 6.07) is 4.22. The maximum absolute atomic E-state index is 13.7. The Balaban J connectivity index is 2.05. The molecule has 1 aromatic carbocycles. The quantitative estimate of drug-likeness (QED) is 0.785. The van der Waals surface area contributed by atoms with Gasteiger partial charge in [-0.15, -0.1) is 11.3 Å². The third-order valence-corrected chi connectivity index (χ3v) is 3.66. The molecule has 2 rings (SSSR count). The summed E-state index contributed by atoms with van der Waals surface area (Å²) < 4.78 is 19.1. The van der Waals surface area contributed by atoms with Crippen molar-refractivity contribution in [3.8, 4) is 5.75 Å². The van der Waals surface area contributed by atoms with Crippen LogP contribution in [0.2, 0.25) is 0 Å². The van der Waals surface area contributed by atoms with E-state index in [0.717, 1.165) is 17.1 Å². The normalized spacial score (nSPS) is 10.5. The molecule has 0 spiro atoms. The second-order valence-electron chi connectivity index (χ2n) is 4.08. The highest BCUT2D eigenvalue weighted by Gasteiger charge is 2.08. The van der Waals surface area contributed by atoms with E-state index in [-0.39, 0.29) is 18.1 Å². The molecule has 2 aromatic rings. The summed E-state index contributed by atoms with van der Waals surface area (Å²) in [5, 5.41) is 2.94. The fourth-order valence-electron chi connectivity index (χ4n) is 1.57. The Morgan fingerprint density at radius 2 is 2.26 bits per heavy atom. The number of halogens is 1. The molecule has 0 amide bonds. The molecule has 0 aliphatic heterocycles. The van der Waals surface area contributed by atoms with E-state index in [1.54, 1.807) is 17.4 Å². The number of ketones is 1. The summed E-state index contributed by atoms with van der Waals surface area (Å²) in [6.07, 6.45) is 0.881. The highest BCUT2D eigenvalue weighted by molar-refractivity contribution is 7.09. The van der Waals surface area contributed by atoms with Crippen molar-refractivity contribution < 1.29 is 13.9 Å². The number of thiazole rings is 1. The molecule has 1 heterocycles. The summed E-state index contributed by atoms with van der Waals surface area (Å²) in [7, 11) is 0. The Morgan fingerprint density at radius 1 is 1.47 bits per heavy atom. The van der Waals surface area contributed by atoms with Crippen LogP contribution in [0.15, 0.2) is 23.6 Å². The molecular formula is C14H14FNO2S. The molecule has 19 heavy (non-hydrogen) atoms. The first-order chi connectivity index (χ1) is 9.10. The van der Waals surface area contributed by atoms with E-state index in [9.17, 15) is 9.18 Å². The van der Waals surface area contributed by atoms with E-state index in [2.05, 4.69) is 4.98 Å². The van der Waals surface area contributed by atoms with Gasteiger partial charge in [0, 0.05) is 10.9 Å². The number of aromatic nitrogens is 1. The number of Topliss-reactive ketones (excluding diaryl/α,β-unsaturated/α-hetero) is 1. The molecule has 0 N–H and O–H groups in total. The van der Waals surface area contributed by atoms with Crippen LogP contribution in [0.4, 0.5) is 4.39 Å². The van der Waals surface area contributed by atoms with Crippen LogP contribution in [0, 0.1) is 5.82 Å². The van der Waals surface area contributed by atoms with Crippen molar-refractivity contribution in [2.45, 2.75) is 26.9 Å². The van der Waals surface area contributed by atoms with E-state index >= 15 is 0 Å². The van der Waals surface area contributed by atoms with Crippen molar-refractivity contribution in [2.24, 2.45) is 0 Å². The molecule has 0 saturated heterocycles. The van der Waals surface area contributed by atoms with Gasteiger partial charge in [-0.05, 0) is 31.5 Å². The number of rotatable bonds is 5. The number of nitrogens with zero attached hydrogens (tertiary/aromatic N) is 1. The summed E-state index contributed by atoms with van der Waals surface area (Å²) in [4.78, 5) is 15.4. The largest absolute Gasteiger partial charge is 0.484 e. The fourth-order valence-corrected chi connectivity index (χ4v) is 2.30. The topological polar surface area (TPSA) is 39.2 Å². The van der Waals surface area contributed by atoms with Gasteiger partial charge in [0.15, 0.2) is 17.3 Å². The van der Waals surface area contributed by atoms with Gasteiger partial charge in [0.25, 0.3) is 0 Å². The maximum Gasteiger partial charge on any atom is 0.165 e. The number of hydrogen-bond donors (Lipinski definition) is 0. The lowest BCUT2D eigenvalue weighted by Gasteiger charge is -2.06. The monoisotopic (exact) mass is 279 g/mol. The third kappa shape index (κ3) is 3.38. The van der Waals surface area contributed by atoms with E-state index in [4.69, 9.17) is 4.74 Å². The Labute approximate surface area is 115 Å². The maximum atomic E-state index is 13.7. The summed E-state index contributed by atoms with van der Waals surface area (Å²) in [5.41, 5.74) is 1.13. The van der Waals surface area contributed by atoms with E-state index < -0.39 is 5.82 Å². The van der Waals surface area contributed by atoms with Crippen LogP contribution >= 0.6 is 11.3 Å². The standard InChI is InChI=1S/C14H14FNO2S/c1-3-14-16-11(8-19-14)7-18-13-5-4-10(9(2)17)6-12(13)15/h4-6,8H,3,7H2,1-2H3. The van der Waals surface area contributed by atoms with Crippen LogP contribution in [0.5, 0.6) is 5.75 Å². The van der Waals surface area contributed by atoms with Crippen LogP contribution in [0.25, 0.3) is 0 Å². The molecule has 100 valence electrons. The van der Waals surface area contributed by atoms with Gasteiger partial charge in [-0.1, -0.05) is 6.92 Å². The van der Waals surface area contributed by atoms with Crippen molar-refractivity contribution in [3.05, 3.63) is 45.7 Å². The first-order valence-electron chi connectivity index (χ1n) is 5.96. The molecule has 0 unspecified atom stereocenters. The summed E-state index contributed by atoms with van der Waals surface area (Å²) >= 11 is 1.57. The molecule has 0 atom stereocenters. The molecule has 0 fully saturated rings. The first kappa shape index (κ1) is 13.7. The Kier molecular flexibility index (Phi) is 4.27. The van der Waals surface area contributed by atoms with Gasteiger partial charge < -0.3 is 4.74 Å². The van der Waals surface area contributed by atoms with Crippen molar-refractivity contribution in [1.82, 2.24) is 4.98 Å². The smallest absolute Gasteiger partial charge is 0.165 e. The van der Waals surface area contributed by atoms with Crippen molar-refractivity contribution in [3.63, 3.8) is 0 Å². The van der Waals surface area contributed by atoms with Crippen LogP contribution in [0.1, 0.15) is 34.9 Å². The van der Waals surface area contributed by atoms with Crippen LogP contribution in [-0.2, 0) is 13.0 Å². The van der Waals surface area contributed by atoms with Crippen molar-refractivity contribution >= 4 is 17.1 Å². The predicted octanol–water partition coefficient (Wildman–Crippen LogP) is 3.63. The Morgan fingerprint density at radius 3 is 2.84 bits per heavy atom. The van der Waals surface area contributed by atoms with Gasteiger partial charge in [-0.25, -0.2) is 9.37 Å². The number of hydrogen-bond acceptors (Lipinski definition) is 4. The zero-order valence-corrected chi connectivity index (χ0v) is 11.6. The minimum Gasteiger partial charge on any atom is -0.484 e. The predicted molar refractivity (Wildman–Crippen MR) is 72.2 cm³/mol. The number of aryl methyl sites for hydroxylation is 1. The van der Waals surface area contributed by atoms with Crippen LogP contribution in [0.3, 0.4) is 0 Å². The van der Waals surface area contributed by atoms with Crippen LogP contribution in [-0.4, -0.2) is 10.8 Å². The SMILES string of the molecule is CCc1nc(COc2ccc(C(C)=O)cc2F)cs1. The number of carbonyl (C=O) groups is 1. The molecular weight excluding hydrogens is 265 g/mol. The van der Waals surface area contributed by atoms with Gasteiger partial charge in [-0.3, -0.25) is 4.79 Å². The molecule has 0 aliphatic rings. The van der Waals surface area contributed by atoms with E-state index in [0.29, 0.717) is 5.56 Å². The molecule has 1 aromatic heterocycles. The molecule has 0 radical (unpaired) electrons. The van der Waals surface area contributed by atoms with Gasteiger partial charge >= 0.3 is 0 Å². The minimum atomic E-state index is -0.529. The number of carbonyl (C=O) groups excluding carboxylic acids is 1. The first-order valence-corrected chi connectivity index (χ1v) is 6.84. The van der Waals surface area contributed by atoms with Crippen molar-refractivity contribution in [1.29, 1.82) is 0 Å². The minimum absolute atomic E-state index is 0.135. The van der Waals surface area contributed by atoms with E-state index in [1.807, 2.05) is 12.3 Å². The average molecular weight is 279 g/mol. The molecule has 5 heteroatoms. The Hall–Kier alpha value is -1.75. The molecule has 3 nitrogen and oxygen atoms in total. The molecule has 0 bridgehead atoms. The van der Waals surface area contributed by atoms with E-state index in [1.165, 1.54) is 19.1 Å². The summed E-state index contributed by atoms with van der Waals surface area (Å²) in [6.45, 7) is 3.66. The van der Waals surface area contributed by atoms with Crippen LogP contribution < -0.4 is 4.74 Å². The summed E-state index contributed by atoms with van der Waals surface area (Å²) in [5.74, 6) is -0.563. The second-order valence-corrected chi connectivity index (χ2v) is 5.02. The number of benzene rings is 1. The van der Waals surface area contributed by atoms with Gasteiger partial charge in [0.1, 0.15) is 6.61 Å². The fraction of sp³-hybridized carbons (Fsp3) is 0.286. The lowest BCUT2D eigenvalue weighted by Crippen LogP contribution is -2.00. The Bertz CT molecular complexity index is 595. The van der Waals surface area contributed by atoms with Gasteiger partial charge in [0.2, 0.25) is 0 Å². The molecule has 0 saturated carbocycles. The van der Waals surface area contributed by atoms with Gasteiger partial charge in [0.05, 0.1) is 10.7 Å². The lowest BCUT2D eigenvalue weighted by molar-refractivity contribution is 0.101. The third-order valence-electron chi connectivity index (χ3n) is 2.62. The average Bonchev–Trinajstić information content (AvgIpc) is 2.85. The van der Waals surface area contributed by atoms with Gasteiger partial charge in [-0.2, -0.15) is 0 Å². The number of ether oxygens (including phenoxy) is 1. The lowest BCUT2D eigenvalue weighted by atomic mass is 10.1. The zero-order valence-electron chi connectivity index (χ0n) is 10.8. The highest BCUT2D eigenvalue weighted by Crippen LogP contribution is 2.20.